The summed E-state index contributed by atoms with van der Waals surface area (Å²) in [4.78, 5) is 14.2. The molecule has 0 atom stereocenters. The van der Waals surface area contributed by atoms with Gasteiger partial charge in [-0.2, -0.15) is 0 Å². The number of rotatable bonds is 22. The lowest BCUT2D eigenvalue weighted by Crippen LogP contribution is -2.26. The highest BCUT2D eigenvalue weighted by molar-refractivity contribution is 14.1. The molecule has 0 fully saturated rings. The van der Waals surface area contributed by atoms with Gasteiger partial charge in [0.25, 0.3) is 5.91 Å². The van der Waals surface area contributed by atoms with Crippen LogP contribution in [0.5, 0.6) is 5.75 Å². The standard InChI is InChI=1S/C43H54INO2/c1-2-3-4-5-6-7-8-9-10-11-12-13-14-15-16-26-33-45-43(46)41-40(37-31-24-19-25-32-37)38(35-27-20-17-21-28-35)34-39(42(41)47-44)36-29-22-18-23-30-36/h17-25,27-32,34H,2-16,26,33H2,1H3,(H,45,46). The topological polar surface area (TPSA) is 38.3 Å². The normalized spacial score (nSPS) is 11.0. The summed E-state index contributed by atoms with van der Waals surface area (Å²) in [5.41, 5.74) is 6.48. The fourth-order valence-corrected chi connectivity index (χ4v) is 6.96. The smallest absolute Gasteiger partial charge is 0.255 e. The number of carbonyl (C=O) groups is 1. The van der Waals surface area contributed by atoms with E-state index in [1.165, 1.54) is 89.9 Å². The molecule has 4 rings (SSSR count). The van der Waals surface area contributed by atoms with Crippen LogP contribution in [0.15, 0.2) is 97.1 Å². The van der Waals surface area contributed by atoms with Crippen LogP contribution in [-0.4, -0.2) is 12.5 Å². The lowest BCUT2D eigenvalue weighted by molar-refractivity contribution is 0.0952. The van der Waals surface area contributed by atoms with Crippen molar-refractivity contribution in [2.24, 2.45) is 0 Å². The molecule has 0 aliphatic rings. The monoisotopic (exact) mass is 743 g/mol. The van der Waals surface area contributed by atoms with E-state index < -0.39 is 0 Å². The summed E-state index contributed by atoms with van der Waals surface area (Å²) < 4.78 is 6.05. The van der Waals surface area contributed by atoms with Gasteiger partial charge in [0.05, 0.1) is 5.56 Å². The van der Waals surface area contributed by atoms with E-state index in [1.807, 2.05) is 77.6 Å². The summed E-state index contributed by atoms with van der Waals surface area (Å²) in [6.45, 7) is 2.94. The van der Waals surface area contributed by atoms with Crippen LogP contribution in [0, 0.1) is 0 Å². The molecule has 0 aliphatic heterocycles. The van der Waals surface area contributed by atoms with Gasteiger partial charge in [-0.05, 0) is 34.7 Å². The van der Waals surface area contributed by atoms with E-state index in [0.717, 1.165) is 46.2 Å². The van der Waals surface area contributed by atoms with E-state index in [9.17, 15) is 4.79 Å². The Bertz CT molecular complexity index is 1440. The van der Waals surface area contributed by atoms with E-state index >= 15 is 0 Å². The summed E-state index contributed by atoms with van der Waals surface area (Å²) >= 11 is 1.93. The van der Waals surface area contributed by atoms with Crippen molar-refractivity contribution in [3.63, 3.8) is 0 Å². The highest BCUT2D eigenvalue weighted by Crippen LogP contribution is 2.46. The largest absolute Gasteiger partial charge is 0.426 e. The zero-order valence-corrected chi connectivity index (χ0v) is 30.6. The fraction of sp³-hybridized carbons (Fsp3) is 0.419. The molecule has 3 nitrogen and oxygen atoms in total. The number of hydrogen-bond acceptors (Lipinski definition) is 2. The number of halogens is 1. The zero-order chi connectivity index (χ0) is 32.9. The highest BCUT2D eigenvalue weighted by Gasteiger charge is 2.26. The summed E-state index contributed by atoms with van der Waals surface area (Å²) in [6.07, 6.45) is 21.4. The summed E-state index contributed by atoms with van der Waals surface area (Å²) in [6, 6.07) is 32.9. The molecule has 0 heterocycles. The Labute approximate surface area is 298 Å². The van der Waals surface area contributed by atoms with Crippen molar-refractivity contribution in [2.45, 2.75) is 110 Å². The molecule has 0 aromatic heterocycles. The molecule has 4 aromatic rings. The molecular weight excluding hydrogens is 689 g/mol. The Balaban J connectivity index is 1.35. The van der Waals surface area contributed by atoms with E-state index in [2.05, 4.69) is 54.7 Å². The summed E-state index contributed by atoms with van der Waals surface area (Å²) in [7, 11) is 0. The third-order valence-electron chi connectivity index (χ3n) is 9.13. The van der Waals surface area contributed by atoms with Crippen LogP contribution < -0.4 is 8.38 Å². The summed E-state index contributed by atoms with van der Waals surface area (Å²) in [5.74, 6) is 0.506. The molecule has 0 saturated carbocycles. The second-order valence-corrected chi connectivity index (χ2v) is 13.2. The molecule has 4 aromatic carbocycles. The van der Waals surface area contributed by atoms with Gasteiger partial charge in [-0.1, -0.05) is 194 Å². The predicted octanol–water partition coefficient (Wildman–Crippen LogP) is 13.4. The minimum Gasteiger partial charge on any atom is -0.426 e. The van der Waals surface area contributed by atoms with Crippen LogP contribution in [0.3, 0.4) is 0 Å². The Hall–Kier alpha value is -3.12. The third-order valence-corrected chi connectivity index (χ3v) is 9.57. The van der Waals surface area contributed by atoms with Crippen molar-refractivity contribution in [3.05, 3.63) is 103 Å². The average Bonchev–Trinajstić information content (AvgIpc) is 3.13. The Morgan fingerprint density at radius 1 is 0.553 bits per heavy atom. The van der Waals surface area contributed by atoms with E-state index in [-0.39, 0.29) is 5.91 Å². The van der Waals surface area contributed by atoms with Crippen LogP contribution in [-0.2, 0) is 0 Å². The molecule has 1 N–H and O–H groups in total. The molecule has 250 valence electrons. The number of carbonyl (C=O) groups excluding carboxylic acids is 1. The van der Waals surface area contributed by atoms with Gasteiger partial charge in [-0.25, -0.2) is 0 Å². The van der Waals surface area contributed by atoms with Gasteiger partial charge in [0, 0.05) is 17.7 Å². The molecule has 1 amide bonds. The van der Waals surface area contributed by atoms with Crippen molar-refractivity contribution >= 4 is 28.9 Å². The second kappa shape index (κ2) is 21.7. The SMILES string of the molecule is CCCCCCCCCCCCCCCCCCNC(=O)c1c(OI)c(-c2ccccc2)cc(-c2ccccc2)c1-c1ccccc1. The third kappa shape index (κ3) is 11.8. The van der Waals surface area contributed by atoms with Gasteiger partial charge in [0.1, 0.15) is 0 Å². The molecule has 0 spiro atoms. The predicted molar refractivity (Wildman–Crippen MR) is 209 cm³/mol. The van der Waals surface area contributed by atoms with Crippen LogP contribution >= 0.6 is 23.0 Å². The van der Waals surface area contributed by atoms with Crippen molar-refractivity contribution in [1.82, 2.24) is 5.32 Å². The second-order valence-electron chi connectivity index (χ2n) is 12.8. The van der Waals surface area contributed by atoms with E-state index in [1.54, 1.807) is 0 Å². The molecule has 0 unspecified atom stereocenters. The van der Waals surface area contributed by atoms with Crippen molar-refractivity contribution < 1.29 is 7.86 Å². The number of nitrogens with one attached hydrogen (secondary N) is 1. The lowest BCUT2D eigenvalue weighted by Gasteiger charge is -2.21. The van der Waals surface area contributed by atoms with Crippen LogP contribution in [0.25, 0.3) is 33.4 Å². The summed E-state index contributed by atoms with van der Waals surface area (Å²) in [5, 5.41) is 3.27. The molecule has 0 radical (unpaired) electrons. The molecule has 0 aliphatic carbocycles. The Kier molecular flexibility index (Phi) is 16.9. The van der Waals surface area contributed by atoms with Gasteiger partial charge >= 0.3 is 0 Å². The highest BCUT2D eigenvalue weighted by atomic mass is 127. The van der Waals surface area contributed by atoms with Crippen LogP contribution in [0.1, 0.15) is 120 Å². The van der Waals surface area contributed by atoms with Gasteiger partial charge in [-0.15, -0.1) is 0 Å². The number of amides is 1. The first-order valence-electron chi connectivity index (χ1n) is 18.2. The number of unbranched alkanes of at least 4 members (excludes halogenated alkanes) is 15. The minimum atomic E-state index is -0.0913. The van der Waals surface area contributed by atoms with Crippen LogP contribution in [0.2, 0.25) is 0 Å². The molecular formula is C43H54INO2. The van der Waals surface area contributed by atoms with Gasteiger partial charge in [-0.3, -0.25) is 4.79 Å². The Morgan fingerprint density at radius 3 is 1.40 bits per heavy atom. The molecule has 47 heavy (non-hydrogen) atoms. The quantitative estimate of drug-likeness (QED) is 0.0643. The van der Waals surface area contributed by atoms with Gasteiger partial charge in [0.15, 0.2) is 28.8 Å². The number of hydrogen-bond donors (Lipinski definition) is 1. The first-order chi connectivity index (χ1) is 23.2. The van der Waals surface area contributed by atoms with Crippen molar-refractivity contribution in [1.29, 1.82) is 0 Å². The average molecular weight is 744 g/mol. The first kappa shape index (κ1) is 36.7. The van der Waals surface area contributed by atoms with E-state index in [4.69, 9.17) is 3.07 Å². The minimum absolute atomic E-state index is 0.0913. The van der Waals surface area contributed by atoms with Gasteiger partial charge < -0.3 is 8.38 Å². The van der Waals surface area contributed by atoms with Crippen molar-refractivity contribution in [3.8, 4) is 39.1 Å². The number of benzene rings is 4. The maximum absolute atomic E-state index is 14.2. The van der Waals surface area contributed by atoms with Crippen molar-refractivity contribution in [2.75, 3.05) is 6.54 Å². The van der Waals surface area contributed by atoms with Crippen LogP contribution in [0.4, 0.5) is 0 Å². The molecule has 0 saturated heterocycles. The fourth-order valence-electron chi connectivity index (χ4n) is 6.51. The first-order valence-corrected chi connectivity index (χ1v) is 19.1. The molecule has 4 heteroatoms. The Morgan fingerprint density at radius 2 is 0.957 bits per heavy atom. The maximum atomic E-state index is 14.2. The molecule has 0 bridgehead atoms. The van der Waals surface area contributed by atoms with Gasteiger partial charge in [0.2, 0.25) is 0 Å². The maximum Gasteiger partial charge on any atom is 0.255 e. The van der Waals surface area contributed by atoms with E-state index in [0.29, 0.717) is 17.9 Å². The zero-order valence-electron chi connectivity index (χ0n) is 28.5. The lowest BCUT2D eigenvalue weighted by atomic mass is 9.86.